The number of thiazole rings is 1. The summed E-state index contributed by atoms with van der Waals surface area (Å²) in [4.78, 5) is 16.9. The van der Waals surface area contributed by atoms with E-state index < -0.39 is 0 Å². The zero-order valence-corrected chi connectivity index (χ0v) is 12.0. The van der Waals surface area contributed by atoms with Gasteiger partial charge in [-0.15, -0.1) is 11.3 Å². The molecule has 0 radical (unpaired) electrons. The number of nitrogens with one attached hydrogen (secondary N) is 1. The summed E-state index contributed by atoms with van der Waals surface area (Å²) in [6.07, 6.45) is 0. The molecule has 1 aromatic carbocycles. The SMILES string of the molecule is COc1ccc(CNC(=O)c2sc(C)nc2C)cc1. The van der Waals surface area contributed by atoms with Crippen molar-refractivity contribution in [2.75, 3.05) is 7.11 Å². The van der Waals surface area contributed by atoms with Crippen LogP contribution in [0.4, 0.5) is 0 Å². The van der Waals surface area contributed by atoms with Crippen LogP contribution in [0.3, 0.4) is 0 Å². The third-order valence-electron chi connectivity index (χ3n) is 2.72. The highest BCUT2D eigenvalue weighted by Gasteiger charge is 2.13. The van der Waals surface area contributed by atoms with E-state index in [0.717, 1.165) is 22.0 Å². The second-order valence-corrected chi connectivity index (χ2v) is 5.38. The van der Waals surface area contributed by atoms with Gasteiger partial charge in [0.2, 0.25) is 0 Å². The molecule has 0 spiro atoms. The largest absolute Gasteiger partial charge is 0.497 e. The first-order valence-electron chi connectivity index (χ1n) is 5.95. The van der Waals surface area contributed by atoms with Crippen molar-refractivity contribution >= 4 is 17.2 Å². The van der Waals surface area contributed by atoms with E-state index in [2.05, 4.69) is 10.3 Å². The average molecular weight is 276 g/mol. The molecule has 0 fully saturated rings. The number of hydrogen-bond acceptors (Lipinski definition) is 4. The number of carbonyl (C=O) groups excluding carboxylic acids is 1. The molecular formula is C14H16N2O2S. The summed E-state index contributed by atoms with van der Waals surface area (Å²) >= 11 is 1.42. The molecule has 0 saturated heterocycles. The fourth-order valence-corrected chi connectivity index (χ4v) is 2.58. The molecule has 100 valence electrons. The van der Waals surface area contributed by atoms with Crippen LogP contribution in [0.15, 0.2) is 24.3 Å². The van der Waals surface area contributed by atoms with Crippen LogP contribution >= 0.6 is 11.3 Å². The maximum absolute atomic E-state index is 12.0. The van der Waals surface area contributed by atoms with Crippen LogP contribution in [-0.4, -0.2) is 18.0 Å². The molecule has 1 aromatic heterocycles. The van der Waals surface area contributed by atoms with Crippen LogP contribution in [0, 0.1) is 13.8 Å². The zero-order chi connectivity index (χ0) is 13.8. The summed E-state index contributed by atoms with van der Waals surface area (Å²) in [6.45, 7) is 4.25. The van der Waals surface area contributed by atoms with E-state index in [4.69, 9.17) is 4.74 Å². The second-order valence-electron chi connectivity index (χ2n) is 4.18. The minimum Gasteiger partial charge on any atom is -0.497 e. The van der Waals surface area contributed by atoms with Gasteiger partial charge in [-0.25, -0.2) is 4.98 Å². The van der Waals surface area contributed by atoms with Crippen molar-refractivity contribution in [1.29, 1.82) is 0 Å². The van der Waals surface area contributed by atoms with Crippen molar-refractivity contribution in [1.82, 2.24) is 10.3 Å². The topological polar surface area (TPSA) is 51.2 Å². The molecule has 0 aliphatic rings. The number of carbonyl (C=O) groups is 1. The van der Waals surface area contributed by atoms with Crippen LogP contribution in [0.25, 0.3) is 0 Å². The van der Waals surface area contributed by atoms with Crippen LogP contribution in [0.5, 0.6) is 5.75 Å². The Balaban J connectivity index is 1.98. The van der Waals surface area contributed by atoms with Gasteiger partial charge in [-0.1, -0.05) is 12.1 Å². The predicted molar refractivity (Wildman–Crippen MR) is 75.8 cm³/mol. The number of aryl methyl sites for hydroxylation is 2. The lowest BCUT2D eigenvalue weighted by Crippen LogP contribution is -2.22. The molecule has 2 aromatic rings. The summed E-state index contributed by atoms with van der Waals surface area (Å²) in [5, 5.41) is 3.81. The lowest BCUT2D eigenvalue weighted by molar-refractivity contribution is 0.0954. The number of rotatable bonds is 4. The minimum atomic E-state index is -0.0704. The molecule has 0 aliphatic heterocycles. The molecule has 0 atom stereocenters. The lowest BCUT2D eigenvalue weighted by Gasteiger charge is -2.05. The van der Waals surface area contributed by atoms with Crippen LogP contribution in [-0.2, 0) is 6.54 Å². The monoisotopic (exact) mass is 276 g/mol. The highest BCUT2D eigenvalue weighted by molar-refractivity contribution is 7.13. The smallest absolute Gasteiger partial charge is 0.263 e. The maximum atomic E-state index is 12.0. The molecule has 1 amide bonds. The fourth-order valence-electron chi connectivity index (χ4n) is 1.75. The molecule has 1 heterocycles. The Bertz CT molecular complexity index is 576. The average Bonchev–Trinajstić information content (AvgIpc) is 2.75. The van der Waals surface area contributed by atoms with E-state index in [1.165, 1.54) is 11.3 Å². The van der Waals surface area contributed by atoms with Crippen molar-refractivity contribution in [3.8, 4) is 5.75 Å². The summed E-state index contributed by atoms with van der Waals surface area (Å²) in [7, 11) is 1.63. The van der Waals surface area contributed by atoms with E-state index in [0.29, 0.717) is 11.4 Å². The van der Waals surface area contributed by atoms with Gasteiger partial charge in [0.05, 0.1) is 17.8 Å². The number of ether oxygens (including phenoxy) is 1. The van der Waals surface area contributed by atoms with Crippen molar-refractivity contribution in [2.24, 2.45) is 0 Å². The normalized spacial score (nSPS) is 10.3. The van der Waals surface area contributed by atoms with Gasteiger partial charge in [-0.2, -0.15) is 0 Å². The van der Waals surface area contributed by atoms with Gasteiger partial charge >= 0.3 is 0 Å². The van der Waals surface area contributed by atoms with E-state index in [9.17, 15) is 4.79 Å². The first-order chi connectivity index (χ1) is 9.10. The zero-order valence-electron chi connectivity index (χ0n) is 11.2. The maximum Gasteiger partial charge on any atom is 0.263 e. The molecule has 19 heavy (non-hydrogen) atoms. The molecule has 0 aliphatic carbocycles. The van der Waals surface area contributed by atoms with E-state index in [1.807, 2.05) is 38.1 Å². The van der Waals surface area contributed by atoms with Gasteiger partial charge in [0.25, 0.3) is 5.91 Å². The molecule has 2 rings (SSSR count). The molecular weight excluding hydrogens is 260 g/mol. The number of hydrogen-bond donors (Lipinski definition) is 1. The Morgan fingerprint density at radius 2 is 2.00 bits per heavy atom. The Labute approximate surface area is 116 Å². The fraction of sp³-hybridized carbons (Fsp3) is 0.286. The van der Waals surface area contributed by atoms with Crippen molar-refractivity contribution < 1.29 is 9.53 Å². The number of benzene rings is 1. The molecule has 1 N–H and O–H groups in total. The van der Waals surface area contributed by atoms with Gasteiger partial charge in [0, 0.05) is 6.54 Å². The summed E-state index contributed by atoms with van der Waals surface area (Å²) in [6, 6.07) is 7.63. The molecule has 0 unspecified atom stereocenters. The first kappa shape index (κ1) is 13.5. The van der Waals surface area contributed by atoms with Crippen molar-refractivity contribution in [2.45, 2.75) is 20.4 Å². The highest BCUT2D eigenvalue weighted by atomic mass is 32.1. The molecule has 0 bridgehead atoms. The Kier molecular flexibility index (Phi) is 4.16. The van der Waals surface area contributed by atoms with Gasteiger partial charge in [0.15, 0.2) is 0 Å². The van der Waals surface area contributed by atoms with Crippen molar-refractivity contribution in [3.05, 3.63) is 45.4 Å². The van der Waals surface area contributed by atoms with Crippen LogP contribution in [0.2, 0.25) is 0 Å². The third-order valence-corrected chi connectivity index (χ3v) is 3.79. The van der Waals surface area contributed by atoms with Gasteiger partial charge in [0.1, 0.15) is 10.6 Å². The third kappa shape index (κ3) is 3.32. The molecule has 5 heteroatoms. The van der Waals surface area contributed by atoms with E-state index in [-0.39, 0.29) is 5.91 Å². The number of methoxy groups -OCH3 is 1. The predicted octanol–water partition coefficient (Wildman–Crippen LogP) is 2.70. The lowest BCUT2D eigenvalue weighted by atomic mass is 10.2. The van der Waals surface area contributed by atoms with Crippen LogP contribution in [0.1, 0.15) is 25.9 Å². The number of aromatic nitrogens is 1. The first-order valence-corrected chi connectivity index (χ1v) is 6.77. The summed E-state index contributed by atoms with van der Waals surface area (Å²) < 4.78 is 5.09. The van der Waals surface area contributed by atoms with Gasteiger partial charge in [-0.05, 0) is 31.5 Å². The van der Waals surface area contributed by atoms with E-state index in [1.54, 1.807) is 7.11 Å². The van der Waals surface area contributed by atoms with Gasteiger partial charge in [-0.3, -0.25) is 4.79 Å². The number of nitrogens with zero attached hydrogens (tertiary/aromatic N) is 1. The van der Waals surface area contributed by atoms with Crippen molar-refractivity contribution in [3.63, 3.8) is 0 Å². The number of amides is 1. The highest BCUT2D eigenvalue weighted by Crippen LogP contribution is 2.17. The molecule has 0 saturated carbocycles. The quantitative estimate of drug-likeness (QED) is 0.934. The van der Waals surface area contributed by atoms with Gasteiger partial charge < -0.3 is 10.1 Å². The summed E-state index contributed by atoms with van der Waals surface area (Å²) in [5.41, 5.74) is 1.82. The van der Waals surface area contributed by atoms with E-state index >= 15 is 0 Å². The second kappa shape index (κ2) is 5.84. The minimum absolute atomic E-state index is 0.0704. The standard InChI is InChI=1S/C14H16N2O2S/c1-9-13(19-10(2)16-9)14(17)15-8-11-4-6-12(18-3)7-5-11/h4-7H,8H2,1-3H3,(H,15,17). The Morgan fingerprint density at radius 1 is 1.32 bits per heavy atom. The Hall–Kier alpha value is -1.88. The summed E-state index contributed by atoms with van der Waals surface area (Å²) in [5.74, 6) is 0.739. The van der Waals surface area contributed by atoms with Crippen LogP contribution < -0.4 is 10.1 Å². The molecule has 4 nitrogen and oxygen atoms in total. The Morgan fingerprint density at radius 3 is 2.53 bits per heavy atom.